The molecule has 0 spiro atoms. The summed E-state index contributed by atoms with van der Waals surface area (Å²) in [6, 6.07) is 5.99. The molecule has 2 aliphatic rings. The summed E-state index contributed by atoms with van der Waals surface area (Å²) in [5, 5.41) is 4.63. The summed E-state index contributed by atoms with van der Waals surface area (Å²) in [6.45, 7) is 7.21. The van der Waals surface area contributed by atoms with Gasteiger partial charge >= 0.3 is 0 Å². The van der Waals surface area contributed by atoms with Gasteiger partial charge in [-0.05, 0) is 57.8 Å². The first-order chi connectivity index (χ1) is 9.45. The molecule has 0 radical (unpaired) electrons. The maximum absolute atomic E-state index is 4.63. The first kappa shape index (κ1) is 12.6. The topological polar surface area (TPSA) is 30.7 Å². The van der Waals surface area contributed by atoms with Crippen molar-refractivity contribution < 1.29 is 0 Å². The summed E-state index contributed by atoms with van der Waals surface area (Å²) in [5.41, 5.74) is 3.33. The molecule has 2 bridgehead atoms. The van der Waals surface area contributed by atoms with E-state index >= 15 is 0 Å². The third-order valence-corrected chi connectivity index (χ3v) is 6.28. The van der Waals surface area contributed by atoms with Gasteiger partial charge in [0.1, 0.15) is 4.60 Å². The van der Waals surface area contributed by atoms with Crippen molar-refractivity contribution >= 4 is 15.9 Å². The molecule has 3 nitrogen and oxygen atoms in total. The minimum atomic E-state index is 0.202. The van der Waals surface area contributed by atoms with Crippen molar-refractivity contribution in [2.24, 2.45) is 5.41 Å². The molecule has 104 valence electrons. The fourth-order valence-electron chi connectivity index (χ4n) is 4.33. The highest BCUT2D eigenvalue weighted by atomic mass is 79.9. The largest absolute Gasteiger partial charge is 0.222 e. The Balaban J connectivity index is 1.95. The molecular formula is C16H18BrN3. The first-order valence-electron chi connectivity index (χ1n) is 7.16. The van der Waals surface area contributed by atoms with Crippen LogP contribution in [0.4, 0.5) is 0 Å². The first-order valence-corrected chi connectivity index (χ1v) is 7.96. The second kappa shape index (κ2) is 3.73. The second-order valence-corrected chi connectivity index (χ2v) is 7.64. The minimum Gasteiger partial charge on any atom is -0.222 e. The van der Waals surface area contributed by atoms with Gasteiger partial charge in [-0.1, -0.05) is 26.8 Å². The van der Waals surface area contributed by atoms with Crippen LogP contribution >= 0.6 is 15.9 Å². The van der Waals surface area contributed by atoms with Gasteiger partial charge in [0.05, 0.1) is 11.9 Å². The predicted octanol–water partition coefficient (Wildman–Crippen LogP) is 4.20. The van der Waals surface area contributed by atoms with Crippen LogP contribution in [0.5, 0.6) is 0 Å². The standard InChI is InChI=1S/C16H18BrN3/c1-15(2)11-7-8-16(15,3)14-10(11)9-18-20(14)13-6-4-5-12(17)19-13/h4-6,9,11H,7-8H2,1-3H3/t11-,16+/m1/s1. The van der Waals surface area contributed by atoms with Crippen LogP contribution in [0.25, 0.3) is 5.82 Å². The van der Waals surface area contributed by atoms with Crippen LogP contribution in [0.15, 0.2) is 29.0 Å². The average Bonchev–Trinajstić information content (AvgIpc) is 2.97. The number of pyridine rings is 1. The maximum Gasteiger partial charge on any atom is 0.154 e. The van der Waals surface area contributed by atoms with Crippen molar-refractivity contribution in [3.05, 3.63) is 40.3 Å². The van der Waals surface area contributed by atoms with Crippen LogP contribution in [-0.2, 0) is 5.41 Å². The third kappa shape index (κ3) is 1.31. The van der Waals surface area contributed by atoms with E-state index in [1.807, 2.05) is 18.2 Å². The van der Waals surface area contributed by atoms with Gasteiger partial charge in [-0.15, -0.1) is 0 Å². The van der Waals surface area contributed by atoms with Crippen molar-refractivity contribution in [1.82, 2.24) is 14.8 Å². The normalized spacial score (nSPS) is 29.7. The fourth-order valence-corrected chi connectivity index (χ4v) is 4.66. The van der Waals surface area contributed by atoms with Gasteiger partial charge in [-0.2, -0.15) is 5.10 Å². The van der Waals surface area contributed by atoms with E-state index in [2.05, 4.69) is 57.7 Å². The summed E-state index contributed by atoms with van der Waals surface area (Å²) in [4.78, 5) is 4.57. The zero-order valence-corrected chi connectivity index (χ0v) is 13.6. The molecule has 0 amide bonds. The van der Waals surface area contributed by atoms with Crippen molar-refractivity contribution in [3.8, 4) is 5.82 Å². The summed E-state index contributed by atoms with van der Waals surface area (Å²) in [6.07, 6.45) is 4.60. The molecule has 2 heterocycles. The van der Waals surface area contributed by atoms with Gasteiger partial charge in [0.15, 0.2) is 5.82 Å². The van der Waals surface area contributed by atoms with Crippen LogP contribution in [-0.4, -0.2) is 14.8 Å². The lowest BCUT2D eigenvalue weighted by Crippen LogP contribution is -2.33. The highest BCUT2D eigenvalue weighted by Crippen LogP contribution is 2.67. The molecule has 20 heavy (non-hydrogen) atoms. The smallest absolute Gasteiger partial charge is 0.154 e. The quantitative estimate of drug-likeness (QED) is 0.733. The van der Waals surface area contributed by atoms with E-state index in [0.717, 1.165) is 10.4 Å². The van der Waals surface area contributed by atoms with Crippen molar-refractivity contribution in [2.75, 3.05) is 0 Å². The minimum absolute atomic E-state index is 0.202. The van der Waals surface area contributed by atoms with Crippen LogP contribution < -0.4 is 0 Å². The molecule has 0 N–H and O–H groups in total. The SMILES string of the molecule is CC1(C)[C@@H]2CC[C@@]1(C)c1c2cnn1-c1cccc(Br)n1. The van der Waals surface area contributed by atoms with E-state index < -0.39 is 0 Å². The summed E-state index contributed by atoms with van der Waals surface area (Å²) >= 11 is 3.45. The Hall–Kier alpha value is -1.16. The molecule has 0 aromatic carbocycles. The molecular weight excluding hydrogens is 314 g/mol. The van der Waals surface area contributed by atoms with Crippen molar-refractivity contribution in [3.63, 3.8) is 0 Å². The molecule has 4 heteroatoms. The number of hydrogen-bond donors (Lipinski definition) is 0. The predicted molar refractivity (Wildman–Crippen MR) is 82.2 cm³/mol. The summed E-state index contributed by atoms with van der Waals surface area (Å²) < 4.78 is 2.91. The molecule has 4 rings (SSSR count). The van der Waals surface area contributed by atoms with Gasteiger partial charge in [0.2, 0.25) is 0 Å². The molecule has 0 aliphatic heterocycles. The second-order valence-electron chi connectivity index (χ2n) is 6.82. The number of halogens is 1. The van der Waals surface area contributed by atoms with Crippen molar-refractivity contribution in [2.45, 2.75) is 44.9 Å². The van der Waals surface area contributed by atoms with Crippen LogP contribution in [0, 0.1) is 5.41 Å². The Kier molecular flexibility index (Phi) is 2.34. The Morgan fingerprint density at radius 1 is 1.30 bits per heavy atom. The number of hydrogen-bond acceptors (Lipinski definition) is 2. The Morgan fingerprint density at radius 2 is 2.10 bits per heavy atom. The molecule has 2 atom stereocenters. The Morgan fingerprint density at radius 3 is 2.85 bits per heavy atom. The summed E-state index contributed by atoms with van der Waals surface area (Å²) in [5.74, 6) is 1.55. The maximum atomic E-state index is 4.63. The summed E-state index contributed by atoms with van der Waals surface area (Å²) in [7, 11) is 0. The zero-order valence-electron chi connectivity index (χ0n) is 12.0. The number of fused-ring (bicyclic) bond motifs is 5. The van der Waals surface area contributed by atoms with Crippen LogP contribution in [0.2, 0.25) is 0 Å². The van der Waals surface area contributed by atoms with Crippen molar-refractivity contribution in [1.29, 1.82) is 0 Å². The van der Waals surface area contributed by atoms with Crippen LogP contribution in [0.1, 0.15) is 50.8 Å². The van der Waals surface area contributed by atoms with Gasteiger partial charge in [0, 0.05) is 5.41 Å². The molecule has 2 aliphatic carbocycles. The zero-order chi connectivity index (χ0) is 14.1. The fraction of sp³-hybridized carbons (Fsp3) is 0.500. The van der Waals surface area contributed by atoms with Gasteiger partial charge in [-0.25, -0.2) is 9.67 Å². The molecule has 2 aromatic rings. The van der Waals surface area contributed by atoms with E-state index in [1.165, 1.54) is 24.1 Å². The van der Waals surface area contributed by atoms with Gasteiger partial charge in [0.25, 0.3) is 0 Å². The van der Waals surface area contributed by atoms with E-state index in [9.17, 15) is 0 Å². The van der Waals surface area contributed by atoms with E-state index in [4.69, 9.17) is 0 Å². The Labute approximate surface area is 127 Å². The molecule has 0 unspecified atom stereocenters. The van der Waals surface area contributed by atoms with Gasteiger partial charge < -0.3 is 0 Å². The molecule has 2 aromatic heterocycles. The molecule has 0 saturated heterocycles. The highest BCUT2D eigenvalue weighted by Gasteiger charge is 2.61. The monoisotopic (exact) mass is 331 g/mol. The number of aromatic nitrogens is 3. The lowest BCUT2D eigenvalue weighted by Gasteiger charge is -2.35. The molecule has 1 saturated carbocycles. The lowest BCUT2D eigenvalue weighted by atomic mass is 9.70. The van der Waals surface area contributed by atoms with E-state index in [-0.39, 0.29) is 5.41 Å². The number of rotatable bonds is 1. The Bertz CT molecular complexity index is 703. The lowest BCUT2D eigenvalue weighted by molar-refractivity contribution is 0.222. The van der Waals surface area contributed by atoms with E-state index in [1.54, 1.807) is 0 Å². The van der Waals surface area contributed by atoms with Crippen LogP contribution in [0.3, 0.4) is 0 Å². The van der Waals surface area contributed by atoms with Gasteiger partial charge in [-0.3, -0.25) is 0 Å². The highest BCUT2D eigenvalue weighted by molar-refractivity contribution is 9.10. The average molecular weight is 332 g/mol. The molecule has 1 fully saturated rings. The number of nitrogens with zero attached hydrogens (tertiary/aromatic N) is 3. The third-order valence-electron chi connectivity index (χ3n) is 5.84. The van der Waals surface area contributed by atoms with E-state index in [0.29, 0.717) is 11.3 Å².